The smallest absolute Gasteiger partial charge is 0.313 e. The SMILES string of the molecule is Cc1cc(C)c(NC(=O)C(=O)NCCN2CCOCC2)c(Cl)c1. The third-order valence-electron chi connectivity index (χ3n) is 3.69. The fourth-order valence-corrected chi connectivity index (χ4v) is 2.85. The molecule has 0 unspecified atom stereocenters. The summed E-state index contributed by atoms with van der Waals surface area (Å²) in [6, 6.07) is 3.65. The molecule has 1 aliphatic rings. The maximum absolute atomic E-state index is 12.0. The van der Waals surface area contributed by atoms with Crippen molar-refractivity contribution in [1.29, 1.82) is 0 Å². The van der Waals surface area contributed by atoms with Crippen LogP contribution in [-0.2, 0) is 14.3 Å². The van der Waals surface area contributed by atoms with Crippen LogP contribution < -0.4 is 10.6 Å². The number of halogens is 1. The lowest BCUT2D eigenvalue weighted by Crippen LogP contribution is -2.43. The number of morpholine rings is 1. The molecular formula is C16H22ClN3O3. The first-order valence-electron chi connectivity index (χ1n) is 7.63. The van der Waals surface area contributed by atoms with E-state index in [-0.39, 0.29) is 0 Å². The maximum atomic E-state index is 12.0. The zero-order valence-corrected chi connectivity index (χ0v) is 14.2. The van der Waals surface area contributed by atoms with Crippen LogP contribution in [0.2, 0.25) is 5.02 Å². The van der Waals surface area contributed by atoms with E-state index in [9.17, 15) is 9.59 Å². The van der Waals surface area contributed by atoms with Gasteiger partial charge in [-0.1, -0.05) is 17.7 Å². The molecule has 126 valence electrons. The molecule has 0 radical (unpaired) electrons. The molecule has 1 saturated heterocycles. The first-order chi connectivity index (χ1) is 11.0. The molecule has 7 heteroatoms. The number of anilines is 1. The van der Waals surface area contributed by atoms with E-state index in [0.29, 0.717) is 37.0 Å². The van der Waals surface area contributed by atoms with E-state index >= 15 is 0 Å². The molecule has 0 aliphatic carbocycles. The van der Waals surface area contributed by atoms with E-state index in [1.54, 1.807) is 6.07 Å². The highest BCUT2D eigenvalue weighted by atomic mass is 35.5. The van der Waals surface area contributed by atoms with Gasteiger partial charge in [0.25, 0.3) is 0 Å². The molecule has 2 rings (SSSR count). The van der Waals surface area contributed by atoms with Gasteiger partial charge in [-0.3, -0.25) is 14.5 Å². The number of ether oxygens (including phenoxy) is 1. The van der Waals surface area contributed by atoms with E-state index in [1.807, 2.05) is 19.9 Å². The summed E-state index contributed by atoms with van der Waals surface area (Å²) in [4.78, 5) is 26.0. The minimum atomic E-state index is -0.708. The number of carbonyl (C=O) groups excluding carboxylic acids is 2. The standard InChI is InChI=1S/C16H22ClN3O3/c1-11-9-12(2)14(13(17)10-11)19-16(22)15(21)18-3-4-20-5-7-23-8-6-20/h9-10H,3-8H2,1-2H3,(H,18,21)(H,19,22). The number of hydrogen-bond acceptors (Lipinski definition) is 4. The first kappa shape index (κ1) is 17.7. The number of carbonyl (C=O) groups is 2. The van der Waals surface area contributed by atoms with Crippen molar-refractivity contribution in [3.63, 3.8) is 0 Å². The Bertz CT molecular complexity index is 563. The van der Waals surface area contributed by atoms with Crippen molar-refractivity contribution in [2.45, 2.75) is 13.8 Å². The predicted molar refractivity (Wildman–Crippen MR) is 89.8 cm³/mol. The molecule has 1 aromatic carbocycles. The van der Waals surface area contributed by atoms with Crippen molar-refractivity contribution in [2.24, 2.45) is 0 Å². The Morgan fingerprint density at radius 2 is 1.91 bits per heavy atom. The predicted octanol–water partition coefficient (Wildman–Crippen LogP) is 1.34. The number of benzene rings is 1. The topological polar surface area (TPSA) is 70.7 Å². The Morgan fingerprint density at radius 1 is 1.22 bits per heavy atom. The van der Waals surface area contributed by atoms with Gasteiger partial charge in [-0.15, -0.1) is 0 Å². The second kappa shape index (κ2) is 8.29. The van der Waals surface area contributed by atoms with Crippen LogP contribution in [0.1, 0.15) is 11.1 Å². The van der Waals surface area contributed by atoms with Crippen LogP contribution in [0, 0.1) is 13.8 Å². The number of aryl methyl sites for hydroxylation is 2. The van der Waals surface area contributed by atoms with E-state index in [4.69, 9.17) is 16.3 Å². The molecule has 0 saturated carbocycles. The molecule has 1 aromatic rings. The third kappa shape index (κ3) is 5.20. The summed E-state index contributed by atoms with van der Waals surface area (Å²) < 4.78 is 5.26. The van der Waals surface area contributed by atoms with Crippen molar-refractivity contribution in [2.75, 3.05) is 44.7 Å². The van der Waals surface area contributed by atoms with Gasteiger partial charge in [-0.25, -0.2) is 0 Å². The van der Waals surface area contributed by atoms with Crippen LogP contribution in [0.25, 0.3) is 0 Å². The second-order valence-electron chi connectivity index (χ2n) is 5.60. The van der Waals surface area contributed by atoms with Crippen LogP contribution in [0.5, 0.6) is 0 Å². The highest BCUT2D eigenvalue weighted by molar-refractivity contribution is 6.41. The summed E-state index contributed by atoms with van der Waals surface area (Å²) in [5, 5.41) is 5.63. The van der Waals surface area contributed by atoms with Gasteiger partial charge in [0, 0.05) is 26.2 Å². The zero-order chi connectivity index (χ0) is 16.8. The fourth-order valence-electron chi connectivity index (χ4n) is 2.48. The normalized spacial score (nSPS) is 15.3. The Labute approximate surface area is 141 Å². The average Bonchev–Trinajstić information content (AvgIpc) is 2.51. The molecule has 1 aliphatic heterocycles. The number of hydrogen-bond donors (Lipinski definition) is 2. The van der Waals surface area contributed by atoms with Gasteiger partial charge < -0.3 is 15.4 Å². The highest BCUT2D eigenvalue weighted by Gasteiger charge is 2.17. The van der Waals surface area contributed by atoms with Crippen LogP contribution in [0.4, 0.5) is 5.69 Å². The first-order valence-corrected chi connectivity index (χ1v) is 8.01. The molecule has 2 amide bonds. The Morgan fingerprint density at radius 3 is 2.57 bits per heavy atom. The van der Waals surface area contributed by atoms with Gasteiger partial charge in [0.1, 0.15) is 0 Å². The zero-order valence-electron chi connectivity index (χ0n) is 13.4. The maximum Gasteiger partial charge on any atom is 0.313 e. The highest BCUT2D eigenvalue weighted by Crippen LogP contribution is 2.27. The molecule has 2 N–H and O–H groups in total. The number of amides is 2. The van der Waals surface area contributed by atoms with Crippen LogP contribution in [0.15, 0.2) is 12.1 Å². The number of nitrogens with zero attached hydrogens (tertiary/aromatic N) is 1. The largest absolute Gasteiger partial charge is 0.379 e. The molecule has 0 spiro atoms. The molecule has 1 heterocycles. The van der Waals surface area contributed by atoms with Crippen LogP contribution in [0.3, 0.4) is 0 Å². The third-order valence-corrected chi connectivity index (χ3v) is 3.99. The monoisotopic (exact) mass is 339 g/mol. The lowest BCUT2D eigenvalue weighted by molar-refractivity contribution is -0.136. The van der Waals surface area contributed by atoms with Gasteiger partial charge in [-0.05, 0) is 31.0 Å². The summed E-state index contributed by atoms with van der Waals surface area (Å²) >= 11 is 6.12. The molecule has 0 bridgehead atoms. The summed E-state index contributed by atoms with van der Waals surface area (Å²) in [6.45, 7) is 7.99. The summed E-state index contributed by atoms with van der Waals surface area (Å²) in [6.07, 6.45) is 0. The molecular weight excluding hydrogens is 318 g/mol. The van der Waals surface area contributed by atoms with Crippen LogP contribution >= 0.6 is 11.6 Å². The molecule has 1 fully saturated rings. The average molecular weight is 340 g/mol. The van der Waals surface area contributed by atoms with Crippen molar-refractivity contribution in [1.82, 2.24) is 10.2 Å². The van der Waals surface area contributed by atoms with E-state index in [1.165, 1.54) is 0 Å². The van der Waals surface area contributed by atoms with E-state index in [0.717, 1.165) is 24.2 Å². The lowest BCUT2D eigenvalue weighted by atomic mass is 10.1. The van der Waals surface area contributed by atoms with Crippen molar-refractivity contribution < 1.29 is 14.3 Å². The van der Waals surface area contributed by atoms with Crippen molar-refractivity contribution >= 4 is 29.1 Å². The second-order valence-corrected chi connectivity index (χ2v) is 6.01. The fraction of sp³-hybridized carbons (Fsp3) is 0.500. The van der Waals surface area contributed by atoms with Gasteiger partial charge in [0.15, 0.2) is 0 Å². The number of nitrogens with one attached hydrogen (secondary N) is 2. The Kier molecular flexibility index (Phi) is 6.38. The molecule has 0 atom stereocenters. The summed E-state index contributed by atoms with van der Waals surface area (Å²) in [7, 11) is 0. The van der Waals surface area contributed by atoms with Gasteiger partial charge >= 0.3 is 11.8 Å². The quantitative estimate of drug-likeness (QED) is 0.812. The van der Waals surface area contributed by atoms with Gasteiger partial charge in [-0.2, -0.15) is 0 Å². The van der Waals surface area contributed by atoms with E-state index in [2.05, 4.69) is 15.5 Å². The summed E-state index contributed by atoms with van der Waals surface area (Å²) in [5.74, 6) is -1.37. The number of rotatable bonds is 4. The van der Waals surface area contributed by atoms with Crippen molar-refractivity contribution in [3.05, 3.63) is 28.3 Å². The minimum Gasteiger partial charge on any atom is -0.379 e. The Balaban J connectivity index is 1.82. The van der Waals surface area contributed by atoms with Crippen molar-refractivity contribution in [3.8, 4) is 0 Å². The van der Waals surface area contributed by atoms with Crippen LogP contribution in [-0.4, -0.2) is 56.1 Å². The molecule has 0 aromatic heterocycles. The summed E-state index contributed by atoms with van der Waals surface area (Å²) in [5.41, 5.74) is 2.30. The minimum absolute atomic E-state index is 0.423. The van der Waals surface area contributed by atoms with E-state index < -0.39 is 11.8 Å². The van der Waals surface area contributed by atoms with Gasteiger partial charge in [0.2, 0.25) is 0 Å². The Hall–Kier alpha value is -1.63. The molecule has 6 nitrogen and oxygen atoms in total. The molecule has 23 heavy (non-hydrogen) atoms. The van der Waals surface area contributed by atoms with Gasteiger partial charge in [0.05, 0.1) is 23.9 Å². The lowest BCUT2D eigenvalue weighted by Gasteiger charge is -2.26.